The zero-order valence-electron chi connectivity index (χ0n) is 11.3. The Morgan fingerprint density at radius 1 is 1.29 bits per heavy atom. The molecule has 0 atom stereocenters. The van der Waals surface area contributed by atoms with Crippen LogP contribution in [0.3, 0.4) is 0 Å². The van der Waals surface area contributed by atoms with Crippen LogP contribution in [0.15, 0.2) is 47.0 Å². The number of nitriles is 1. The van der Waals surface area contributed by atoms with Crippen LogP contribution in [0.25, 0.3) is 11.1 Å². The highest BCUT2D eigenvalue weighted by Crippen LogP contribution is 2.27. The van der Waals surface area contributed by atoms with Gasteiger partial charge in [0.15, 0.2) is 5.58 Å². The number of hydrogen-bond acceptors (Lipinski definition) is 4. The molecule has 5 heteroatoms. The number of carbonyl (C=O) groups excluding carboxylic acids is 1. The number of nitrogens with zero attached hydrogens (tertiary/aromatic N) is 2. The zero-order chi connectivity index (χ0) is 14.8. The van der Waals surface area contributed by atoms with E-state index in [2.05, 4.69) is 10.3 Å². The SMILES string of the molecule is Cc1ccc(C(=O)Nc2oc3cccnc3c2C#N)cc1. The van der Waals surface area contributed by atoms with Crippen molar-refractivity contribution in [2.75, 3.05) is 5.32 Å². The molecule has 0 unspecified atom stereocenters. The summed E-state index contributed by atoms with van der Waals surface area (Å²) in [5.41, 5.74) is 2.70. The predicted octanol–water partition coefficient (Wildman–Crippen LogP) is 3.26. The quantitative estimate of drug-likeness (QED) is 0.779. The minimum absolute atomic E-state index is 0.122. The lowest BCUT2D eigenvalue weighted by atomic mass is 10.1. The van der Waals surface area contributed by atoms with Crippen LogP contribution in [0.1, 0.15) is 21.5 Å². The number of aryl methyl sites for hydroxylation is 1. The smallest absolute Gasteiger partial charge is 0.258 e. The standard InChI is InChI=1S/C16H11N3O2/c1-10-4-6-11(7-5-10)15(20)19-16-12(9-17)14-13(21-16)3-2-8-18-14/h2-8H,1H3,(H,19,20). The molecular formula is C16H11N3O2. The van der Waals surface area contributed by atoms with E-state index in [4.69, 9.17) is 4.42 Å². The van der Waals surface area contributed by atoms with Crippen molar-refractivity contribution in [2.45, 2.75) is 6.92 Å². The molecule has 0 aliphatic rings. The van der Waals surface area contributed by atoms with Crippen molar-refractivity contribution in [1.82, 2.24) is 4.98 Å². The second-order valence-corrected chi connectivity index (χ2v) is 4.59. The Morgan fingerprint density at radius 3 is 2.76 bits per heavy atom. The van der Waals surface area contributed by atoms with Gasteiger partial charge < -0.3 is 4.42 Å². The molecule has 0 radical (unpaired) electrons. The summed E-state index contributed by atoms with van der Waals surface area (Å²) in [7, 11) is 0. The van der Waals surface area contributed by atoms with Gasteiger partial charge in [-0.15, -0.1) is 0 Å². The van der Waals surface area contributed by atoms with Crippen molar-refractivity contribution in [3.63, 3.8) is 0 Å². The summed E-state index contributed by atoms with van der Waals surface area (Å²) >= 11 is 0. The van der Waals surface area contributed by atoms with Gasteiger partial charge in [-0.25, -0.2) is 0 Å². The Hall–Kier alpha value is -3.13. The average molecular weight is 277 g/mol. The Labute approximate surface area is 120 Å². The summed E-state index contributed by atoms with van der Waals surface area (Å²) in [6, 6.07) is 12.6. The normalized spacial score (nSPS) is 10.3. The minimum Gasteiger partial charge on any atom is -0.437 e. The van der Waals surface area contributed by atoms with Crippen molar-refractivity contribution >= 4 is 22.9 Å². The molecule has 0 spiro atoms. The van der Waals surface area contributed by atoms with E-state index < -0.39 is 0 Å². The molecule has 3 aromatic rings. The maximum Gasteiger partial charge on any atom is 0.258 e. The summed E-state index contributed by atoms with van der Waals surface area (Å²) in [6.45, 7) is 1.94. The van der Waals surface area contributed by atoms with E-state index in [0.717, 1.165) is 5.56 Å². The second-order valence-electron chi connectivity index (χ2n) is 4.59. The highest BCUT2D eigenvalue weighted by atomic mass is 16.4. The second kappa shape index (κ2) is 5.10. The van der Waals surface area contributed by atoms with Gasteiger partial charge in [-0.2, -0.15) is 5.26 Å². The molecule has 5 nitrogen and oxygen atoms in total. The van der Waals surface area contributed by atoms with Crippen molar-refractivity contribution in [2.24, 2.45) is 0 Å². The molecule has 0 aliphatic carbocycles. The van der Waals surface area contributed by atoms with Crippen LogP contribution in [0.5, 0.6) is 0 Å². The topological polar surface area (TPSA) is 78.9 Å². The lowest BCUT2D eigenvalue weighted by Crippen LogP contribution is -2.12. The maximum absolute atomic E-state index is 12.2. The molecule has 1 N–H and O–H groups in total. The van der Waals surface area contributed by atoms with Crippen LogP contribution in [0, 0.1) is 18.3 Å². The Morgan fingerprint density at radius 2 is 2.05 bits per heavy atom. The zero-order valence-corrected chi connectivity index (χ0v) is 11.3. The van der Waals surface area contributed by atoms with Gasteiger partial charge in [0.2, 0.25) is 5.88 Å². The number of anilines is 1. The Balaban J connectivity index is 1.96. The molecule has 21 heavy (non-hydrogen) atoms. The molecule has 0 bridgehead atoms. The minimum atomic E-state index is -0.328. The highest BCUT2D eigenvalue weighted by Gasteiger charge is 2.17. The van der Waals surface area contributed by atoms with Crippen LogP contribution >= 0.6 is 0 Å². The van der Waals surface area contributed by atoms with Gasteiger partial charge in [-0.3, -0.25) is 15.1 Å². The number of pyridine rings is 1. The van der Waals surface area contributed by atoms with E-state index in [1.165, 1.54) is 0 Å². The summed E-state index contributed by atoms with van der Waals surface area (Å²) in [5.74, 6) is -0.206. The fourth-order valence-electron chi connectivity index (χ4n) is 2.00. The fraction of sp³-hybridized carbons (Fsp3) is 0.0625. The fourth-order valence-corrected chi connectivity index (χ4v) is 2.00. The average Bonchev–Trinajstić information content (AvgIpc) is 2.84. The Kier molecular flexibility index (Phi) is 3.13. The van der Waals surface area contributed by atoms with E-state index in [0.29, 0.717) is 16.7 Å². The third-order valence-electron chi connectivity index (χ3n) is 3.10. The van der Waals surface area contributed by atoms with Gasteiger partial charge in [0.1, 0.15) is 17.1 Å². The van der Waals surface area contributed by atoms with Crippen LogP contribution in [0.2, 0.25) is 0 Å². The molecule has 0 saturated heterocycles. The number of rotatable bonds is 2. The van der Waals surface area contributed by atoms with Gasteiger partial charge in [0.25, 0.3) is 5.91 Å². The number of fused-ring (bicyclic) bond motifs is 1. The predicted molar refractivity (Wildman–Crippen MR) is 77.9 cm³/mol. The van der Waals surface area contributed by atoms with Gasteiger partial charge >= 0.3 is 0 Å². The highest BCUT2D eigenvalue weighted by molar-refractivity contribution is 6.05. The summed E-state index contributed by atoms with van der Waals surface area (Å²) < 4.78 is 5.49. The summed E-state index contributed by atoms with van der Waals surface area (Å²) in [6.07, 6.45) is 1.57. The number of hydrogen-bond donors (Lipinski definition) is 1. The van der Waals surface area contributed by atoms with Crippen molar-refractivity contribution in [3.8, 4) is 6.07 Å². The summed E-state index contributed by atoms with van der Waals surface area (Å²) in [4.78, 5) is 16.3. The molecular weight excluding hydrogens is 266 g/mol. The monoisotopic (exact) mass is 277 g/mol. The van der Waals surface area contributed by atoms with Crippen LogP contribution < -0.4 is 5.32 Å². The van der Waals surface area contributed by atoms with E-state index in [-0.39, 0.29) is 17.4 Å². The van der Waals surface area contributed by atoms with E-state index in [1.807, 2.05) is 25.1 Å². The summed E-state index contributed by atoms with van der Waals surface area (Å²) in [5, 5.41) is 11.8. The third-order valence-corrected chi connectivity index (χ3v) is 3.10. The van der Waals surface area contributed by atoms with Crippen molar-refractivity contribution in [3.05, 3.63) is 59.3 Å². The first kappa shape index (κ1) is 12.9. The Bertz CT molecular complexity index is 857. The van der Waals surface area contributed by atoms with E-state index in [9.17, 15) is 10.1 Å². The molecule has 102 valence electrons. The molecule has 3 rings (SSSR count). The van der Waals surface area contributed by atoms with Gasteiger partial charge in [-0.1, -0.05) is 17.7 Å². The number of benzene rings is 1. The molecule has 0 aliphatic heterocycles. The van der Waals surface area contributed by atoms with E-state index in [1.54, 1.807) is 30.5 Å². The van der Waals surface area contributed by atoms with E-state index >= 15 is 0 Å². The third kappa shape index (κ3) is 2.35. The van der Waals surface area contributed by atoms with Crippen LogP contribution in [-0.4, -0.2) is 10.9 Å². The van der Waals surface area contributed by atoms with Crippen molar-refractivity contribution in [1.29, 1.82) is 5.26 Å². The lowest BCUT2D eigenvalue weighted by molar-refractivity contribution is 0.102. The van der Waals surface area contributed by atoms with Crippen LogP contribution in [-0.2, 0) is 0 Å². The van der Waals surface area contributed by atoms with Crippen LogP contribution in [0.4, 0.5) is 5.88 Å². The first-order valence-electron chi connectivity index (χ1n) is 6.34. The number of furan rings is 1. The number of carbonyl (C=O) groups is 1. The lowest BCUT2D eigenvalue weighted by Gasteiger charge is -2.02. The van der Waals surface area contributed by atoms with Gasteiger partial charge in [-0.05, 0) is 31.2 Å². The number of nitrogens with one attached hydrogen (secondary N) is 1. The molecule has 0 saturated carbocycles. The van der Waals surface area contributed by atoms with Gasteiger partial charge in [0.05, 0.1) is 0 Å². The molecule has 2 heterocycles. The first-order valence-corrected chi connectivity index (χ1v) is 6.34. The first-order chi connectivity index (χ1) is 10.2. The van der Waals surface area contributed by atoms with Crippen molar-refractivity contribution < 1.29 is 9.21 Å². The maximum atomic E-state index is 12.2. The molecule has 1 aromatic carbocycles. The molecule has 2 aromatic heterocycles. The molecule has 0 fully saturated rings. The molecule has 1 amide bonds. The van der Waals surface area contributed by atoms with Gasteiger partial charge in [0, 0.05) is 11.8 Å². The largest absolute Gasteiger partial charge is 0.437 e. The number of amides is 1. The number of aromatic nitrogens is 1.